The highest BCUT2D eigenvalue weighted by Gasteiger charge is 2.46. The summed E-state index contributed by atoms with van der Waals surface area (Å²) in [6, 6.07) is 9.75. The van der Waals surface area contributed by atoms with Crippen LogP contribution in [0.5, 0.6) is 63.2 Å². The van der Waals surface area contributed by atoms with Gasteiger partial charge in [0.2, 0.25) is 17.8 Å². The molecule has 5 aromatic rings. The SMILES string of the molecule is COc1cc(-c2[o+]c3c(C(C)c4c(O)cc(O)c5c4OC(c4ccc(O)c(O)c4)[C@H](O)C5)c(O)cc(O)c3cc2O[C@@H]2O[C@H](CO)[C@@H](O)[C@H](O)[C@H]2O)cc(OC)c1O. The number of aromatic hydroxyl groups is 7. The van der Waals surface area contributed by atoms with Crippen molar-refractivity contribution in [2.45, 2.75) is 62.2 Å². The number of benzene rings is 4. The third kappa shape index (κ3) is 6.74. The molecule has 2 aliphatic rings. The molecule has 4 aromatic carbocycles. The minimum Gasteiger partial charge on any atom is -0.507 e. The molecular formula is C40H41O18+. The standard InChI is InChI=1S/C40H40O18/c1-14(30-23(46)11-20(43)17-9-25(48)36(57-38(17)30)15-4-5-19(42)22(45)6-15)31-24(47)12-21(44)18-10-28(55-40-35(52)34(51)33(50)29(13-41)56-40)37(58-39(18)31)16-7-26(53-2)32(49)27(8-16)54-3/h4-8,10-12,14,25,29,33-36,40-41,48,50-52H,9,13H2,1-3H3,(H6-,42,43,44,45,46,47,49)/p+1/t14?,25-,29-,33-,34+,35-,36?,40-/m1/s1. The number of ether oxygens (including phenoxy) is 5. The summed E-state index contributed by atoms with van der Waals surface area (Å²) in [5, 5.41) is 128. The van der Waals surface area contributed by atoms with Gasteiger partial charge in [0.25, 0.3) is 0 Å². The van der Waals surface area contributed by atoms with Gasteiger partial charge in [-0.1, -0.05) is 13.0 Å². The van der Waals surface area contributed by atoms with Gasteiger partial charge < -0.3 is 85.0 Å². The maximum absolute atomic E-state index is 11.5. The lowest BCUT2D eigenvalue weighted by molar-refractivity contribution is -0.277. The molecule has 0 bridgehead atoms. The van der Waals surface area contributed by atoms with Crippen molar-refractivity contribution in [1.82, 2.24) is 0 Å². The van der Waals surface area contributed by atoms with Crippen molar-refractivity contribution in [3.05, 3.63) is 70.8 Å². The predicted molar refractivity (Wildman–Crippen MR) is 199 cm³/mol. The van der Waals surface area contributed by atoms with Crippen LogP contribution in [0, 0.1) is 0 Å². The molecule has 0 saturated carbocycles. The number of aliphatic hydroxyl groups excluding tert-OH is 5. The van der Waals surface area contributed by atoms with Gasteiger partial charge in [0.05, 0.1) is 32.5 Å². The quantitative estimate of drug-likeness (QED) is 0.0752. The molecule has 308 valence electrons. The molecule has 7 rings (SSSR count). The second kappa shape index (κ2) is 15.3. The molecule has 0 spiro atoms. The fourth-order valence-corrected chi connectivity index (χ4v) is 7.40. The smallest absolute Gasteiger partial charge is 0.402 e. The number of rotatable bonds is 9. The lowest BCUT2D eigenvalue weighted by atomic mass is 9.85. The summed E-state index contributed by atoms with van der Waals surface area (Å²) in [6.45, 7) is 0.788. The van der Waals surface area contributed by atoms with Crippen molar-refractivity contribution in [3.8, 4) is 74.6 Å². The van der Waals surface area contributed by atoms with Crippen LogP contribution in [0.2, 0.25) is 0 Å². The largest absolute Gasteiger partial charge is 0.507 e. The van der Waals surface area contributed by atoms with Crippen LogP contribution >= 0.6 is 0 Å². The lowest BCUT2D eigenvalue weighted by Crippen LogP contribution is -2.60. The minimum atomic E-state index is -1.87. The van der Waals surface area contributed by atoms with E-state index in [9.17, 15) is 61.3 Å². The average molecular weight is 810 g/mol. The number of aliphatic hydroxyl groups is 5. The summed E-state index contributed by atoms with van der Waals surface area (Å²) in [5.41, 5.74) is 0.189. The Labute approximate surface area is 328 Å². The van der Waals surface area contributed by atoms with Gasteiger partial charge in [0.1, 0.15) is 70.2 Å². The molecule has 2 unspecified atom stereocenters. The highest BCUT2D eigenvalue weighted by molar-refractivity contribution is 5.92. The zero-order valence-corrected chi connectivity index (χ0v) is 31.0. The number of phenols is 7. The first kappa shape index (κ1) is 40.1. The lowest BCUT2D eigenvalue weighted by Gasteiger charge is -2.39. The second-order valence-corrected chi connectivity index (χ2v) is 14.0. The summed E-state index contributed by atoms with van der Waals surface area (Å²) in [4.78, 5) is 0. The minimum absolute atomic E-state index is 0.00126. The predicted octanol–water partition coefficient (Wildman–Crippen LogP) is 2.70. The van der Waals surface area contributed by atoms with E-state index in [4.69, 9.17) is 28.1 Å². The van der Waals surface area contributed by atoms with Gasteiger partial charge in [0, 0.05) is 53.8 Å². The number of methoxy groups -OCH3 is 2. The van der Waals surface area contributed by atoms with Crippen molar-refractivity contribution in [2.24, 2.45) is 0 Å². The zero-order valence-electron chi connectivity index (χ0n) is 31.0. The van der Waals surface area contributed by atoms with Gasteiger partial charge in [-0.05, 0) is 17.7 Å². The van der Waals surface area contributed by atoms with E-state index in [-0.39, 0.29) is 79.7 Å². The van der Waals surface area contributed by atoms with Gasteiger partial charge >= 0.3 is 11.3 Å². The van der Waals surface area contributed by atoms with Crippen LogP contribution in [0.25, 0.3) is 22.3 Å². The van der Waals surface area contributed by atoms with Crippen molar-refractivity contribution < 1.29 is 89.4 Å². The Balaban J connectivity index is 1.43. The maximum Gasteiger partial charge on any atom is 0.402 e. The highest BCUT2D eigenvalue weighted by Crippen LogP contribution is 2.54. The maximum atomic E-state index is 11.5. The Morgan fingerprint density at radius 3 is 2.02 bits per heavy atom. The van der Waals surface area contributed by atoms with Crippen LogP contribution in [-0.4, -0.2) is 119 Å². The summed E-state index contributed by atoms with van der Waals surface area (Å²) >= 11 is 0. The Bertz CT molecular complexity index is 2350. The molecule has 1 aromatic heterocycles. The summed E-state index contributed by atoms with van der Waals surface area (Å²) in [6.07, 6.45) is -11.1. The molecule has 1 saturated heterocycles. The molecule has 1 fully saturated rings. The molecule has 58 heavy (non-hydrogen) atoms. The van der Waals surface area contributed by atoms with Gasteiger partial charge in [-0.25, -0.2) is 4.42 Å². The fraction of sp³-hybridized carbons (Fsp3) is 0.325. The zero-order chi connectivity index (χ0) is 41.9. The average Bonchev–Trinajstić information content (AvgIpc) is 3.19. The second-order valence-electron chi connectivity index (χ2n) is 14.0. The van der Waals surface area contributed by atoms with E-state index in [2.05, 4.69) is 0 Å². The molecular weight excluding hydrogens is 768 g/mol. The third-order valence-corrected chi connectivity index (χ3v) is 10.4. The van der Waals surface area contributed by atoms with E-state index in [1.165, 1.54) is 50.6 Å². The van der Waals surface area contributed by atoms with Crippen molar-refractivity contribution in [2.75, 3.05) is 20.8 Å². The fourth-order valence-electron chi connectivity index (χ4n) is 7.40. The first-order valence-corrected chi connectivity index (χ1v) is 17.8. The van der Waals surface area contributed by atoms with Gasteiger partial charge in [0.15, 0.2) is 23.0 Å². The van der Waals surface area contributed by atoms with E-state index in [1.54, 1.807) is 6.92 Å². The van der Waals surface area contributed by atoms with Gasteiger partial charge in [-0.2, -0.15) is 0 Å². The van der Waals surface area contributed by atoms with Gasteiger partial charge in [-0.3, -0.25) is 0 Å². The molecule has 12 N–H and O–H groups in total. The number of hydrogen-bond acceptors (Lipinski definition) is 17. The summed E-state index contributed by atoms with van der Waals surface area (Å²) in [5.74, 6) is -5.12. The van der Waals surface area contributed by atoms with Crippen LogP contribution < -0.4 is 18.9 Å². The van der Waals surface area contributed by atoms with E-state index in [0.29, 0.717) is 0 Å². The van der Waals surface area contributed by atoms with E-state index < -0.39 is 89.9 Å². The molecule has 0 aliphatic carbocycles. The molecule has 18 nitrogen and oxygen atoms in total. The molecule has 8 atom stereocenters. The first-order valence-electron chi connectivity index (χ1n) is 17.8. The molecule has 2 aliphatic heterocycles. The monoisotopic (exact) mass is 809 g/mol. The van der Waals surface area contributed by atoms with Crippen LogP contribution in [-0.2, 0) is 11.2 Å². The molecule has 0 amide bonds. The van der Waals surface area contributed by atoms with E-state index in [0.717, 1.165) is 12.1 Å². The van der Waals surface area contributed by atoms with Crippen LogP contribution in [0.1, 0.15) is 41.2 Å². The Kier molecular flexibility index (Phi) is 10.6. The highest BCUT2D eigenvalue weighted by atomic mass is 16.7. The van der Waals surface area contributed by atoms with E-state index in [1.807, 2.05) is 0 Å². The van der Waals surface area contributed by atoms with Crippen molar-refractivity contribution in [3.63, 3.8) is 0 Å². The first-order chi connectivity index (χ1) is 27.6. The van der Waals surface area contributed by atoms with E-state index >= 15 is 0 Å². The summed E-state index contributed by atoms with van der Waals surface area (Å²) in [7, 11) is 2.55. The Hall–Kier alpha value is -6.15. The third-order valence-electron chi connectivity index (χ3n) is 10.4. The normalized spacial score (nSPS) is 23.5. The van der Waals surface area contributed by atoms with Crippen LogP contribution in [0.4, 0.5) is 0 Å². The summed E-state index contributed by atoms with van der Waals surface area (Å²) < 4.78 is 35.0. The van der Waals surface area contributed by atoms with Crippen molar-refractivity contribution in [1.29, 1.82) is 0 Å². The number of hydrogen-bond donors (Lipinski definition) is 12. The number of fused-ring (bicyclic) bond motifs is 2. The van der Waals surface area contributed by atoms with Crippen LogP contribution in [0.3, 0.4) is 0 Å². The molecule has 18 heteroatoms. The molecule has 3 heterocycles. The van der Waals surface area contributed by atoms with Crippen LogP contribution in [0.15, 0.2) is 52.9 Å². The Morgan fingerprint density at radius 2 is 1.38 bits per heavy atom. The van der Waals surface area contributed by atoms with Crippen molar-refractivity contribution >= 4 is 11.0 Å². The van der Waals surface area contributed by atoms with Gasteiger partial charge in [-0.15, -0.1) is 0 Å². The molecule has 0 radical (unpaired) electrons. The Morgan fingerprint density at radius 1 is 0.724 bits per heavy atom. The number of phenolic OH excluding ortho intramolecular Hbond substituents is 7. The topological polar surface area (TPSA) is 300 Å².